The molecule has 2 atom stereocenters. The van der Waals surface area contributed by atoms with E-state index in [1.165, 1.54) is 0 Å². The monoisotopic (exact) mass is 418 g/mol. The molecule has 2 aliphatic rings. The molecule has 2 heterocycles. The number of halogens is 2. The minimum atomic E-state index is -0.430. The maximum absolute atomic E-state index is 12.7. The minimum absolute atomic E-state index is 0. The number of rotatable bonds is 3. The first-order chi connectivity index (χ1) is 11.1. The van der Waals surface area contributed by atoms with Crippen LogP contribution in [0.3, 0.4) is 0 Å². The summed E-state index contributed by atoms with van der Waals surface area (Å²) in [5.41, 5.74) is 7.32. The van der Waals surface area contributed by atoms with Gasteiger partial charge < -0.3 is 20.1 Å². The number of hydrogen-bond acceptors (Lipinski definition) is 4. The van der Waals surface area contributed by atoms with E-state index < -0.39 is 6.04 Å². The molecule has 2 fully saturated rings. The van der Waals surface area contributed by atoms with Gasteiger partial charge in [-0.25, -0.2) is 0 Å². The third-order valence-corrected chi connectivity index (χ3v) is 5.15. The van der Waals surface area contributed by atoms with Crippen molar-refractivity contribution < 1.29 is 14.3 Å². The van der Waals surface area contributed by atoms with Crippen LogP contribution in [0.5, 0.6) is 0 Å². The van der Waals surface area contributed by atoms with E-state index in [9.17, 15) is 4.79 Å². The van der Waals surface area contributed by atoms with Crippen molar-refractivity contribution in [2.75, 3.05) is 32.9 Å². The fourth-order valence-corrected chi connectivity index (χ4v) is 3.66. The first kappa shape index (κ1) is 19.7. The van der Waals surface area contributed by atoms with Crippen LogP contribution >= 0.6 is 28.3 Å². The number of nitrogens with zero attached hydrogens (tertiary/aromatic N) is 1. The smallest absolute Gasteiger partial charge is 0.239 e. The largest absolute Gasteiger partial charge is 0.381 e. The van der Waals surface area contributed by atoms with Crippen LogP contribution < -0.4 is 5.73 Å². The second-order valence-electron chi connectivity index (χ2n) is 6.17. The van der Waals surface area contributed by atoms with E-state index in [4.69, 9.17) is 15.2 Å². The molecule has 24 heavy (non-hydrogen) atoms. The molecule has 2 saturated heterocycles. The van der Waals surface area contributed by atoms with E-state index >= 15 is 0 Å². The van der Waals surface area contributed by atoms with Crippen LogP contribution in [0.2, 0.25) is 0 Å². The third kappa shape index (κ3) is 4.70. The molecule has 0 aliphatic carbocycles. The van der Waals surface area contributed by atoms with Crippen LogP contribution in [0.15, 0.2) is 28.7 Å². The zero-order chi connectivity index (χ0) is 16.2. The molecule has 0 aromatic heterocycles. The van der Waals surface area contributed by atoms with Crippen molar-refractivity contribution in [2.45, 2.75) is 25.0 Å². The van der Waals surface area contributed by atoms with Gasteiger partial charge in [0.05, 0.1) is 19.2 Å². The second-order valence-corrected chi connectivity index (χ2v) is 7.09. The highest BCUT2D eigenvalue weighted by Gasteiger charge is 2.33. The summed E-state index contributed by atoms with van der Waals surface area (Å²) in [6.45, 7) is 3.13. The molecule has 0 bridgehead atoms. The van der Waals surface area contributed by atoms with Crippen LogP contribution in [0.25, 0.3) is 0 Å². The lowest BCUT2D eigenvalue weighted by atomic mass is 9.91. The molecule has 1 amide bonds. The Hall–Kier alpha value is -0.660. The Labute approximate surface area is 157 Å². The van der Waals surface area contributed by atoms with E-state index in [0.29, 0.717) is 32.9 Å². The summed E-state index contributed by atoms with van der Waals surface area (Å²) < 4.78 is 12.2. The fraction of sp³-hybridized carbons (Fsp3) is 0.588. The molecule has 5 nitrogen and oxygen atoms in total. The zero-order valence-electron chi connectivity index (χ0n) is 13.5. The van der Waals surface area contributed by atoms with Gasteiger partial charge in [0.1, 0.15) is 6.10 Å². The van der Waals surface area contributed by atoms with Gasteiger partial charge in [-0.05, 0) is 36.5 Å². The van der Waals surface area contributed by atoms with Crippen molar-refractivity contribution in [3.63, 3.8) is 0 Å². The van der Waals surface area contributed by atoms with Crippen LogP contribution in [0.4, 0.5) is 0 Å². The summed E-state index contributed by atoms with van der Waals surface area (Å²) in [5, 5.41) is 0. The minimum Gasteiger partial charge on any atom is -0.381 e. The van der Waals surface area contributed by atoms with Gasteiger partial charge in [0, 0.05) is 24.2 Å². The highest BCUT2D eigenvalue weighted by atomic mass is 79.9. The molecule has 1 aromatic carbocycles. The molecular formula is C17H24BrClN2O3. The Morgan fingerprint density at radius 3 is 2.75 bits per heavy atom. The average Bonchev–Trinajstić information content (AvgIpc) is 2.61. The van der Waals surface area contributed by atoms with E-state index in [0.717, 1.165) is 22.9 Å². The fourth-order valence-electron chi connectivity index (χ4n) is 3.25. The highest BCUT2D eigenvalue weighted by Crippen LogP contribution is 2.26. The molecule has 2 N–H and O–H groups in total. The lowest BCUT2D eigenvalue weighted by Crippen LogP contribution is -2.52. The number of amides is 1. The number of carbonyl (C=O) groups excluding carboxylic acids is 1. The van der Waals surface area contributed by atoms with Gasteiger partial charge in [0.15, 0.2) is 0 Å². The molecule has 0 radical (unpaired) electrons. The van der Waals surface area contributed by atoms with Crippen LogP contribution in [-0.2, 0) is 14.3 Å². The van der Waals surface area contributed by atoms with E-state index in [-0.39, 0.29) is 30.3 Å². The predicted molar refractivity (Wildman–Crippen MR) is 98.2 cm³/mol. The van der Waals surface area contributed by atoms with Crippen molar-refractivity contribution in [1.29, 1.82) is 0 Å². The summed E-state index contributed by atoms with van der Waals surface area (Å²) in [6, 6.07) is 7.60. The van der Waals surface area contributed by atoms with E-state index in [1.807, 2.05) is 29.2 Å². The van der Waals surface area contributed by atoms with Gasteiger partial charge in [-0.1, -0.05) is 28.1 Å². The van der Waals surface area contributed by atoms with Crippen molar-refractivity contribution in [2.24, 2.45) is 11.7 Å². The van der Waals surface area contributed by atoms with Crippen LogP contribution in [0.1, 0.15) is 24.5 Å². The number of benzene rings is 1. The first-order valence-electron chi connectivity index (χ1n) is 8.14. The SMILES string of the molecule is Cl.NC(C(=O)N1CCOC(c2cccc(Br)c2)C1)C1CCOCC1. The van der Waals surface area contributed by atoms with Crippen LogP contribution in [-0.4, -0.2) is 49.8 Å². The van der Waals surface area contributed by atoms with Crippen molar-refractivity contribution >= 4 is 34.2 Å². The average molecular weight is 420 g/mol. The number of carbonyl (C=O) groups is 1. The summed E-state index contributed by atoms with van der Waals surface area (Å²) >= 11 is 3.48. The summed E-state index contributed by atoms with van der Waals surface area (Å²) in [4.78, 5) is 14.6. The molecule has 2 aliphatic heterocycles. The topological polar surface area (TPSA) is 64.8 Å². The Balaban J connectivity index is 0.00000208. The Morgan fingerprint density at radius 1 is 1.29 bits per heavy atom. The first-order valence-corrected chi connectivity index (χ1v) is 8.93. The Morgan fingerprint density at radius 2 is 2.04 bits per heavy atom. The van der Waals surface area contributed by atoms with Gasteiger partial charge in [-0.15, -0.1) is 12.4 Å². The van der Waals surface area contributed by atoms with E-state index in [1.54, 1.807) is 0 Å². The molecule has 134 valence electrons. The van der Waals surface area contributed by atoms with Gasteiger partial charge in [0.25, 0.3) is 0 Å². The van der Waals surface area contributed by atoms with Gasteiger partial charge >= 0.3 is 0 Å². The number of hydrogen-bond donors (Lipinski definition) is 1. The van der Waals surface area contributed by atoms with E-state index in [2.05, 4.69) is 15.9 Å². The highest BCUT2D eigenvalue weighted by molar-refractivity contribution is 9.10. The number of morpholine rings is 1. The molecule has 2 unspecified atom stereocenters. The maximum Gasteiger partial charge on any atom is 0.239 e. The van der Waals surface area contributed by atoms with Gasteiger partial charge in [-0.2, -0.15) is 0 Å². The van der Waals surface area contributed by atoms with Crippen LogP contribution in [0, 0.1) is 5.92 Å². The second kappa shape index (κ2) is 9.15. The number of nitrogens with two attached hydrogens (primary N) is 1. The summed E-state index contributed by atoms with van der Waals surface area (Å²) in [5.74, 6) is 0.267. The van der Waals surface area contributed by atoms with Gasteiger partial charge in [0.2, 0.25) is 5.91 Å². The van der Waals surface area contributed by atoms with Gasteiger partial charge in [-0.3, -0.25) is 4.79 Å². The number of ether oxygens (including phenoxy) is 2. The van der Waals surface area contributed by atoms with Crippen molar-refractivity contribution in [3.05, 3.63) is 34.3 Å². The maximum atomic E-state index is 12.7. The normalized spacial score (nSPS) is 23.4. The zero-order valence-corrected chi connectivity index (χ0v) is 15.9. The summed E-state index contributed by atoms with van der Waals surface area (Å²) in [6.07, 6.45) is 1.64. The van der Waals surface area contributed by atoms with Crippen molar-refractivity contribution in [1.82, 2.24) is 4.90 Å². The van der Waals surface area contributed by atoms with Crippen molar-refractivity contribution in [3.8, 4) is 0 Å². The molecular weight excluding hydrogens is 396 g/mol. The molecule has 1 aromatic rings. The molecule has 0 spiro atoms. The molecule has 3 rings (SSSR count). The lowest BCUT2D eigenvalue weighted by molar-refractivity contribution is -0.142. The molecule has 7 heteroatoms. The summed E-state index contributed by atoms with van der Waals surface area (Å²) in [7, 11) is 0. The standard InChI is InChI=1S/C17H23BrN2O3.ClH/c18-14-3-1-2-13(10-14)15-11-20(6-9-23-15)17(21)16(19)12-4-7-22-8-5-12;/h1-3,10,12,15-16H,4-9,11,19H2;1H. The quantitative estimate of drug-likeness (QED) is 0.818. The molecule has 0 saturated carbocycles. The Kier molecular flexibility index (Phi) is 7.50. The third-order valence-electron chi connectivity index (χ3n) is 4.66. The lowest BCUT2D eigenvalue weighted by Gasteiger charge is -2.36. The Bertz CT molecular complexity index is 554. The predicted octanol–water partition coefficient (Wildman–Crippen LogP) is 2.52.